The Kier molecular flexibility index (Phi) is 5.19. The van der Waals surface area contributed by atoms with Crippen LogP contribution in [0, 0.1) is 18.7 Å². The van der Waals surface area contributed by atoms with E-state index in [0.717, 1.165) is 6.54 Å². The minimum absolute atomic E-state index is 0.0654. The fraction of sp³-hybridized carbons (Fsp3) is 0.588. The molecule has 0 aromatic heterocycles. The number of carbonyl (C=O) groups excluding carboxylic acids is 1. The van der Waals surface area contributed by atoms with E-state index in [-0.39, 0.29) is 23.9 Å². The first-order valence-electron chi connectivity index (χ1n) is 7.73. The Hall–Kier alpha value is -1.46. The first kappa shape index (κ1) is 16.9. The highest BCUT2D eigenvalue weighted by molar-refractivity contribution is 5.94. The maximum absolute atomic E-state index is 13.3. The van der Waals surface area contributed by atoms with Crippen molar-refractivity contribution in [1.82, 2.24) is 9.80 Å². The number of amides is 1. The maximum atomic E-state index is 13.3. The number of aliphatic hydroxyl groups is 1. The summed E-state index contributed by atoms with van der Waals surface area (Å²) in [5.74, 6) is -0.0916. The van der Waals surface area contributed by atoms with Gasteiger partial charge in [-0.1, -0.05) is 6.92 Å². The van der Waals surface area contributed by atoms with E-state index in [0.29, 0.717) is 30.1 Å². The van der Waals surface area contributed by atoms with Crippen molar-refractivity contribution < 1.29 is 14.3 Å². The third-order valence-corrected chi connectivity index (χ3v) is 4.64. The van der Waals surface area contributed by atoms with Gasteiger partial charge in [-0.15, -0.1) is 0 Å². The zero-order valence-electron chi connectivity index (χ0n) is 13.7. The van der Waals surface area contributed by atoms with Crippen molar-refractivity contribution in [3.05, 3.63) is 35.1 Å². The molecular weight excluding hydrogens is 283 g/mol. The van der Waals surface area contributed by atoms with E-state index in [1.54, 1.807) is 24.9 Å². The van der Waals surface area contributed by atoms with Crippen molar-refractivity contribution in [2.45, 2.75) is 32.9 Å². The highest BCUT2D eigenvalue weighted by atomic mass is 19.1. The third kappa shape index (κ3) is 3.65. The second-order valence-corrected chi connectivity index (χ2v) is 6.47. The van der Waals surface area contributed by atoms with Gasteiger partial charge in [0.25, 0.3) is 5.91 Å². The maximum Gasteiger partial charge on any atom is 0.253 e. The third-order valence-electron chi connectivity index (χ3n) is 4.64. The molecule has 0 radical (unpaired) electrons. The Bertz CT molecular complexity index is 543. The van der Waals surface area contributed by atoms with Crippen LogP contribution in [-0.4, -0.2) is 59.6 Å². The molecule has 5 heteroatoms. The quantitative estimate of drug-likeness (QED) is 0.903. The molecule has 1 aromatic carbocycles. The van der Waals surface area contributed by atoms with Gasteiger partial charge in [0.1, 0.15) is 5.82 Å². The number of benzene rings is 1. The molecule has 1 amide bonds. The van der Waals surface area contributed by atoms with Crippen LogP contribution in [0.1, 0.15) is 29.8 Å². The molecule has 0 spiro atoms. The lowest BCUT2D eigenvalue weighted by Gasteiger charge is -2.40. The molecule has 1 saturated heterocycles. The summed E-state index contributed by atoms with van der Waals surface area (Å²) in [6.07, 6.45) is -0.205. The van der Waals surface area contributed by atoms with Gasteiger partial charge in [-0.05, 0) is 43.5 Å². The van der Waals surface area contributed by atoms with Crippen LogP contribution in [0.15, 0.2) is 18.2 Å². The summed E-state index contributed by atoms with van der Waals surface area (Å²) < 4.78 is 13.3. The highest BCUT2D eigenvalue weighted by Crippen LogP contribution is 2.18. The van der Waals surface area contributed by atoms with Gasteiger partial charge in [0.15, 0.2) is 0 Å². The lowest BCUT2D eigenvalue weighted by Crippen LogP contribution is -2.54. The summed E-state index contributed by atoms with van der Waals surface area (Å²) in [4.78, 5) is 16.4. The average molecular weight is 308 g/mol. The first-order chi connectivity index (χ1) is 10.3. The molecule has 0 aliphatic carbocycles. The molecule has 0 bridgehead atoms. The Morgan fingerprint density at radius 3 is 2.64 bits per heavy atom. The molecule has 0 saturated carbocycles. The van der Waals surface area contributed by atoms with E-state index < -0.39 is 0 Å². The lowest BCUT2D eigenvalue weighted by atomic mass is 9.98. The van der Waals surface area contributed by atoms with Gasteiger partial charge in [-0.25, -0.2) is 4.39 Å². The fourth-order valence-electron chi connectivity index (χ4n) is 2.80. The number of carbonyl (C=O) groups is 1. The molecule has 2 unspecified atom stereocenters. The predicted molar refractivity (Wildman–Crippen MR) is 84.3 cm³/mol. The number of hydrogen-bond donors (Lipinski definition) is 1. The minimum atomic E-state index is -0.294. The molecule has 22 heavy (non-hydrogen) atoms. The monoisotopic (exact) mass is 308 g/mol. The van der Waals surface area contributed by atoms with Gasteiger partial charge < -0.3 is 10.0 Å². The van der Waals surface area contributed by atoms with Crippen LogP contribution < -0.4 is 0 Å². The molecule has 2 rings (SSSR count). The zero-order chi connectivity index (χ0) is 16.4. The van der Waals surface area contributed by atoms with Crippen molar-refractivity contribution in [2.75, 3.05) is 26.7 Å². The molecule has 1 aliphatic rings. The number of β-amino-alcohol motifs (C(OH)–C–C–N with tert-alkyl or cyclic N) is 1. The van der Waals surface area contributed by atoms with Crippen LogP contribution in [0.5, 0.6) is 0 Å². The predicted octanol–water partition coefficient (Wildman–Crippen LogP) is 1.91. The molecule has 1 fully saturated rings. The normalized spacial score (nSPS) is 18.6. The molecule has 2 atom stereocenters. The SMILES string of the molecule is Cc1cc(C(=O)N(C)C(C)C(C)CN2CC(O)C2)ccc1F. The van der Waals surface area contributed by atoms with E-state index >= 15 is 0 Å². The van der Waals surface area contributed by atoms with Gasteiger partial charge in [0.05, 0.1) is 6.10 Å². The van der Waals surface area contributed by atoms with Crippen LogP contribution in [0.25, 0.3) is 0 Å². The Morgan fingerprint density at radius 1 is 1.45 bits per heavy atom. The van der Waals surface area contributed by atoms with Gasteiger partial charge in [-0.3, -0.25) is 9.69 Å². The van der Waals surface area contributed by atoms with Crippen LogP contribution in [0.4, 0.5) is 4.39 Å². The van der Waals surface area contributed by atoms with Gasteiger partial charge in [-0.2, -0.15) is 0 Å². The van der Waals surface area contributed by atoms with E-state index in [9.17, 15) is 14.3 Å². The van der Waals surface area contributed by atoms with Gasteiger partial charge in [0.2, 0.25) is 0 Å². The molecule has 1 aromatic rings. The number of halogens is 1. The molecule has 1 aliphatic heterocycles. The van der Waals surface area contributed by atoms with Crippen molar-refractivity contribution in [3.63, 3.8) is 0 Å². The standard InChI is InChI=1S/C17H25FN2O2/c1-11-7-14(5-6-16(11)18)17(22)19(4)13(3)12(2)8-20-9-15(21)10-20/h5-7,12-13,15,21H,8-10H2,1-4H3. The number of aliphatic hydroxyl groups excluding tert-OH is 1. The molecule has 122 valence electrons. The van der Waals surface area contributed by atoms with Crippen LogP contribution in [-0.2, 0) is 0 Å². The molecule has 1 N–H and O–H groups in total. The smallest absolute Gasteiger partial charge is 0.253 e. The highest BCUT2D eigenvalue weighted by Gasteiger charge is 2.29. The lowest BCUT2D eigenvalue weighted by molar-refractivity contribution is -0.0113. The second-order valence-electron chi connectivity index (χ2n) is 6.47. The van der Waals surface area contributed by atoms with Crippen molar-refractivity contribution in [2.24, 2.45) is 5.92 Å². The summed E-state index contributed by atoms with van der Waals surface area (Å²) in [5.41, 5.74) is 0.995. The molecule has 4 nitrogen and oxygen atoms in total. The van der Waals surface area contributed by atoms with Crippen LogP contribution in [0.3, 0.4) is 0 Å². The second kappa shape index (κ2) is 6.75. The molecular formula is C17H25FN2O2. The molecule has 1 heterocycles. The largest absolute Gasteiger partial charge is 0.390 e. The van der Waals surface area contributed by atoms with Crippen LogP contribution in [0.2, 0.25) is 0 Å². The Balaban J connectivity index is 1.97. The fourth-order valence-corrected chi connectivity index (χ4v) is 2.80. The van der Waals surface area contributed by atoms with Gasteiger partial charge >= 0.3 is 0 Å². The average Bonchev–Trinajstić information content (AvgIpc) is 2.46. The van der Waals surface area contributed by atoms with E-state index in [1.807, 2.05) is 6.92 Å². The number of nitrogens with zero attached hydrogens (tertiary/aromatic N) is 2. The number of hydrogen-bond acceptors (Lipinski definition) is 3. The van der Waals surface area contributed by atoms with Crippen molar-refractivity contribution >= 4 is 5.91 Å². The van der Waals surface area contributed by atoms with Crippen molar-refractivity contribution in [1.29, 1.82) is 0 Å². The Labute approximate surface area is 131 Å². The summed E-state index contributed by atoms with van der Waals surface area (Å²) in [6, 6.07) is 4.53. The first-order valence-corrected chi connectivity index (χ1v) is 7.73. The van der Waals surface area contributed by atoms with E-state index in [2.05, 4.69) is 11.8 Å². The zero-order valence-corrected chi connectivity index (χ0v) is 13.7. The van der Waals surface area contributed by atoms with E-state index in [1.165, 1.54) is 12.1 Å². The number of likely N-dealkylation sites (tertiary alicyclic amines) is 1. The summed E-state index contributed by atoms with van der Waals surface area (Å²) in [7, 11) is 1.78. The summed E-state index contributed by atoms with van der Waals surface area (Å²) in [6.45, 7) is 8.08. The van der Waals surface area contributed by atoms with Gasteiger partial charge in [0, 0.05) is 38.3 Å². The van der Waals surface area contributed by atoms with Crippen molar-refractivity contribution in [3.8, 4) is 0 Å². The number of rotatable bonds is 5. The Morgan fingerprint density at radius 2 is 2.09 bits per heavy atom. The summed E-state index contributed by atoms with van der Waals surface area (Å²) in [5, 5.41) is 9.33. The number of aryl methyl sites for hydroxylation is 1. The minimum Gasteiger partial charge on any atom is -0.390 e. The van der Waals surface area contributed by atoms with E-state index in [4.69, 9.17) is 0 Å². The van der Waals surface area contributed by atoms with Crippen LogP contribution >= 0.6 is 0 Å². The summed E-state index contributed by atoms with van der Waals surface area (Å²) >= 11 is 0. The topological polar surface area (TPSA) is 43.8 Å².